The van der Waals surface area contributed by atoms with Gasteiger partial charge in [0.1, 0.15) is 11.9 Å². The molecule has 0 spiro atoms. The first-order valence-corrected chi connectivity index (χ1v) is 7.26. The van der Waals surface area contributed by atoms with Gasteiger partial charge in [0.25, 0.3) is 0 Å². The molecule has 0 heterocycles. The molecule has 21 heavy (non-hydrogen) atoms. The molecule has 0 aliphatic carbocycles. The van der Waals surface area contributed by atoms with Crippen LogP contribution in [0.5, 0.6) is 5.75 Å². The molecule has 2 unspecified atom stereocenters. The molecule has 5 heteroatoms. The lowest BCUT2D eigenvalue weighted by Gasteiger charge is -2.18. The van der Waals surface area contributed by atoms with Crippen molar-refractivity contribution in [1.82, 2.24) is 5.32 Å². The molecule has 0 bridgehead atoms. The summed E-state index contributed by atoms with van der Waals surface area (Å²) in [6.45, 7) is 6.52. The Kier molecular flexibility index (Phi) is 9.84. The number of carbonyl (C=O) groups is 1. The van der Waals surface area contributed by atoms with Crippen molar-refractivity contribution in [2.45, 2.75) is 52.2 Å². The first kappa shape index (κ1) is 19.7. The summed E-state index contributed by atoms with van der Waals surface area (Å²) in [5.74, 6) is 0.885. The Hall–Kier alpha value is -1.26. The van der Waals surface area contributed by atoms with E-state index in [9.17, 15) is 4.79 Å². The van der Waals surface area contributed by atoms with Crippen LogP contribution in [0.1, 0.15) is 38.7 Å². The van der Waals surface area contributed by atoms with Crippen LogP contribution in [-0.2, 0) is 4.79 Å². The quantitative estimate of drug-likeness (QED) is 0.775. The lowest BCUT2D eigenvalue weighted by Crippen LogP contribution is -2.35. The largest absolute Gasteiger partial charge is 0.489 e. The number of nitrogens with one attached hydrogen (secondary N) is 1. The Balaban J connectivity index is 0.00000400. The van der Waals surface area contributed by atoms with Gasteiger partial charge >= 0.3 is 0 Å². The molecule has 0 aromatic heterocycles. The maximum atomic E-state index is 11.7. The average molecular weight is 315 g/mol. The van der Waals surface area contributed by atoms with E-state index in [-0.39, 0.29) is 30.5 Å². The van der Waals surface area contributed by atoms with Crippen LogP contribution in [0.3, 0.4) is 0 Å². The smallest absolute Gasteiger partial charge is 0.220 e. The summed E-state index contributed by atoms with van der Waals surface area (Å²) in [5, 5.41) is 2.90. The van der Waals surface area contributed by atoms with E-state index in [0.717, 1.165) is 12.2 Å². The van der Waals surface area contributed by atoms with Gasteiger partial charge in [-0.1, -0.05) is 19.1 Å². The predicted molar refractivity (Wildman–Crippen MR) is 89.0 cm³/mol. The molecule has 0 aliphatic heterocycles. The average Bonchev–Trinajstić information content (AvgIpc) is 2.41. The van der Waals surface area contributed by atoms with Crippen molar-refractivity contribution in [2.75, 3.05) is 6.54 Å². The number of ether oxygens (including phenoxy) is 1. The van der Waals surface area contributed by atoms with E-state index in [4.69, 9.17) is 10.5 Å². The first-order chi connectivity index (χ1) is 9.51. The topological polar surface area (TPSA) is 64.4 Å². The second kappa shape index (κ2) is 10.5. The predicted octanol–water partition coefficient (Wildman–Crippen LogP) is 2.82. The fourth-order valence-electron chi connectivity index (χ4n) is 1.83. The number of amides is 1. The molecular weight excluding hydrogens is 288 g/mol. The summed E-state index contributed by atoms with van der Waals surface area (Å²) in [4.78, 5) is 11.7. The number of rotatable bonds is 8. The minimum Gasteiger partial charge on any atom is -0.489 e. The monoisotopic (exact) mass is 314 g/mol. The number of halogens is 1. The third kappa shape index (κ3) is 8.58. The SMILES string of the molecule is CCC(CNC(=O)CCC(C)N)Oc1cccc(C)c1.Cl. The van der Waals surface area contributed by atoms with Crippen LogP contribution in [0.4, 0.5) is 0 Å². The molecule has 1 rings (SSSR count). The third-order valence-electron chi connectivity index (χ3n) is 3.10. The summed E-state index contributed by atoms with van der Waals surface area (Å²) in [6.07, 6.45) is 2.03. The van der Waals surface area contributed by atoms with Crippen LogP contribution >= 0.6 is 12.4 Å². The minimum atomic E-state index is -0.00366. The van der Waals surface area contributed by atoms with Gasteiger partial charge in [-0.25, -0.2) is 0 Å². The molecule has 1 amide bonds. The van der Waals surface area contributed by atoms with E-state index in [1.54, 1.807) is 0 Å². The summed E-state index contributed by atoms with van der Waals surface area (Å²) in [5.41, 5.74) is 6.80. The number of carbonyl (C=O) groups excluding carboxylic acids is 1. The third-order valence-corrected chi connectivity index (χ3v) is 3.10. The highest BCUT2D eigenvalue weighted by Gasteiger charge is 2.10. The molecule has 1 aromatic carbocycles. The molecule has 1 aromatic rings. The van der Waals surface area contributed by atoms with Gasteiger partial charge in [0, 0.05) is 12.5 Å². The first-order valence-electron chi connectivity index (χ1n) is 7.26. The van der Waals surface area contributed by atoms with Crippen LogP contribution in [0.15, 0.2) is 24.3 Å². The fourth-order valence-corrected chi connectivity index (χ4v) is 1.83. The van der Waals surface area contributed by atoms with Crippen LogP contribution in [0.2, 0.25) is 0 Å². The van der Waals surface area contributed by atoms with Gasteiger partial charge in [-0.2, -0.15) is 0 Å². The van der Waals surface area contributed by atoms with Crippen molar-refractivity contribution in [3.8, 4) is 5.75 Å². The minimum absolute atomic E-state index is 0. The number of hydrogen-bond acceptors (Lipinski definition) is 3. The van der Waals surface area contributed by atoms with Crippen molar-refractivity contribution in [2.24, 2.45) is 5.73 Å². The van der Waals surface area contributed by atoms with Gasteiger partial charge in [0.15, 0.2) is 0 Å². The molecule has 2 atom stereocenters. The molecule has 0 radical (unpaired) electrons. The van der Waals surface area contributed by atoms with Gasteiger partial charge in [0.05, 0.1) is 6.54 Å². The van der Waals surface area contributed by atoms with Crippen molar-refractivity contribution in [3.63, 3.8) is 0 Å². The lowest BCUT2D eigenvalue weighted by atomic mass is 10.2. The van der Waals surface area contributed by atoms with Crippen molar-refractivity contribution in [3.05, 3.63) is 29.8 Å². The second-order valence-electron chi connectivity index (χ2n) is 5.28. The lowest BCUT2D eigenvalue weighted by molar-refractivity contribution is -0.121. The standard InChI is InChI=1S/C16H26N2O2.ClH/c1-4-14(11-18-16(19)9-8-13(3)17)20-15-7-5-6-12(2)10-15;/h5-7,10,13-14H,4,8-9,11,17H2,1-3H3,(H,18,19);1H. The number of nitrogens with two attached hydrogens (primary N) is 1. The van der Waals surface area contributed by atoms with E-state index >= 15 is 0 Å². The van der Waals surface area contributed by atoms with Crippen LogP contribution in [-0.4, -0.2) is 24.6 Å². The Labute approximate surface area is 133 Å². The molecular formula is C16H27ClN2O2. The zero-order chi connectivity index (χ0) is 15.0. The summed E-state index contributed by atoms with van der Waals surface area (Å²) in [6, 6.07) is 8.00. The molecule has 0 aliphatic rings. The Morgan fingerprint density at radius 2 is 2.14 bits per heavy atom. The normalized spacial score (nSPS) is 13.0. The summed E-state index contributed by atoms with van der Waals surface area (Å²) >= 11 is 0. The number of benzene rings is 1. The number of aryl methyl sites for hydroxylation is 1. The van der Waals surface area contributed by atoms with E-state index in [0.29, 0.717) is 19.4 Å². The molecule has 4 nitrogen and oxygen atoms in total. The zero-order valence-corrected chi connectivity index (χ0v) is 13.9. The van der Waals surface area contributed by atoms with Gasteiger partial charge in [-0.05, 0) is 44.4 Å². The van der Waals surface area contributed by atoms with Gasteiger partial charge < -0.3 is 15.8 Å². The zero-order valence-electron chi connectivity index (χ0n) is 13.1. The Morgan fingerprint density at radius 3 is 2.71 bits per heavy atom. The molecule has 0 saturated heterocycles. The van der Waals surface area contributed by atoms with E-state index in [1.165, 1.54) is 5.56 Å². The fraction of sp³-hybridized carbons (Fsp3) is 0.562. The van der Waals surface area contributed by atoms with E-state index in [2.05, 4.69) is 12.2 Å². The maximum Gasteiger partial charge on any atom is 0.220 e. The molecule has 3 N–H and O–H groups in total. The van der Waals surface area contributed by atoms with Gasteiger partial charge in [-0.15, -0.1) is 12.4 Å². The summed E-state index contributed by atoms with van der Waals surface area (Å²) in [7, 11) is 0. The highest BCUT2D eigenvalue weighted by atomic mass is 35.5. The van der Waals surface area contributed by atoms with Crippen LogP contribution < -0.4 is 15.8 Å². The molecule has 0 saturated carbocycles. The molecule has 0 fully saturated rings. The Bertz CT molecular complexity index is 424. The number of hydrogen-bond donors (Lipinski definition) is 2. The van der Waals surface area contributed by atoms with Crippen LogP contribution in [0.25, 0.3) is 0 Å². The summed E-state index contributed by atoms with van der Waals surface area (Å²) < 4.78 is 5.88. The molecule has 120 valence electrons. The van der Waals surface area contributed by atoms with Crippen molar-refractivity contribution in [1.29, 1.82) is 0 Å². The van der Waals surface area contributed by atoms with E-state index < -0.39 is 0 Å². The van der Waals surface area contributed by atoms with Crippen molar-refractivity contribution < 1.29 is 9.53 Å². The highest BCUT2D eigenvalue weighted by Crippen LogP contribution is 2.15. The van der Waals surface area contributed by atoms with Crippen molar-refractivity contribution >= 4 is 18.3 Å². The second-order valence-corrected chi connectivity index (χ2v) is 5.28. The van der Waals surface area contributed by atoms with Gasteiger partial charge in [-0.3, -0.25) is 4.79 Å². The Morgan fingerprint density at radius 1 is 1.43 bits per heavy atom. The van der Waals surface area contributed by atoms with Crippen LogP contribution in [0, 0.1) is 6.92 Å². The highest BCUT2D eigenvalue weighted by molar-refractivity contribution is 5.85. The maximum absolute atomic E-state index is 11.7. The van der Waals surface area contributed by atoms with E-state index in [1.807, 2.05) is 38.1 Å². The van der Waals surface area contributed by atoms with Gasteiger partial charge in [0.2, 0.25) is 5.91 Å².